The normalized spacial score (nSPS) is 24.8. The average Bonchev–Trinajstić information content (AvgIpc) is 3.26. The molecule has 0 spiro atoms. The Morgan fingerprint density at radius 3 is 3.07 bits per heavy atom. The topological polar surface area (TPSA) is 97.8 Å². The minimum atomic E-state index is -3.32. The number of hydrogen-bond donors (Lipinski definition) is 1. The van der Waals surface area contributed by atoms with Crippen LogP contribution in [0.1, 0.15) is 26.2 Å². The molecule has 3 heterocycles. The molecule has 0 bridgehead atoms. The van der Waals surface area contributed by atoms with Crippen molar-refractivity contribution in [3.63, 3.8) is 0 Å². The summed E-state index contributed by atoms with van der Waals surface area (Å²) in [5.41, 5.74) is -0.774. The summed E-state index contributed by atoms with van der Waals surface area (Å²) in [6.45, 7) is 4.18. The molecule has 28 heavy (non-hydrogen) atoms. The molecule has 1 N–H and O–H groups in total. The number of amides is 1. The summed E-state index contributed by atoms with van der Waals surface area (Å²) >= 11 is 0. The fourth-order valence-corrected chi connectivity index (χ4v) is 5.50. The Morgan fingerprint density at radius 1 is 1.46 bits per heavy atom. The van der Waals surface area contributed by atoms with Crippen molar-refractivity contribution in [2.75, 3.05) is 45.2 Å². The molecule has 0 aromatic carbocycles. The summed E-state index contributed by atoms with van der Waals surface area (Å²) in [6.07, 6.45) is 5.44. The van der Waals surface area contributed by atoms with E-state index in [1.807, 2.05) is 13.0 Å². The van der Waals surface area contributed by atoms with Crippen molar-refractivity contribution in [3.05, 3.63) is 24.5 Å². The molecule has 1 amide bonds. The van der Waals surface area contributed by atoms with E-state index < -0.39 is 15.4 Å². The molecule has 1 aromatic heterocycles. The molecule has 2 atom stereocenters. The number of nitrogens with zero attached hydrogens (tertiary/aromatic N) is 2. The largest absolute Gasteiger partial charge is 0.492 e. The van der Waals surface area contributed by atoms with Crippen LogP contribution in [0, 0.1) is 11.3 Å². The average molecular weight is 412 g/mol. The summed E-state index contributed by atoms with van der Waals surface area (Å²) in [7, 11) is -3.32. The minimum absolute atomic E-state index is 0.0875. The predicted molar refractivity (Wildman–Crippen MR) is 104 cm³/mol. The first-order valence-corrected chi connectivity index (χ1v) is 11.5. The molecule has 3 rings (SSSR count). The van der Waals surface area contributed by atoms with Crippen LogP contribution in [0.5, 0.6) is 5.75 Å². The Kier molecular flexibility index (Phi) is 6.90. The van der Waals surface area contributed by atoms with Crippen molar-refractivity contribution in [2.24, 2.45) is 11.3 Å². The van der Waals surface area contributed by atoms with Crippen LogP contribution in [0.15, 0.2) is 24.5 Å². The van der Waals surface area contributed by atoms with Gasteiger partial charge in [0, 0.05) is 31.7 Å². The SMILES string of the molecule is CCCCS(=O)(=O)N1C[C@@H]2COC[C@]2(C(=O)NCCCOc2cccnc2)C1. The van der Waals surface area contributed by atoms with E-state index >= 15 is 0 Å². The number of unbranched alkanes of at least 4 members (excludes halogenated alkanes) is 1. The van der Waals surface area contributed by atoms with Gasteiger partial charge in [-0.25, -0.2) is 12.7 Å². The van der Waals surface area contributed by atoms with Crippen LogP contribution >= 0.6 is 0 Å². The number of carbonyl (C=O) groups is 1. The van der Waals surface area contributed by atoms with Gasteiger partial charge in [-0.1, -0.05) is 13.3 Å². The van der Waals surface area contributed by atoms with Crippen LogP contribution in [-0.2, 0) is 19.6 Å². The van der Waals surface area contributed by atoms with E-state index in [1.54, 1.807) is 18.5 Å². The lowest BCUT2D eigenvalue weighted by atomic mass is 9.80. The quantitative estimate of drug-likeness (QED) is 0.578. The van der Waals surface area contributed by atoms with Gasteiger partial charge in [-0.2, -0.15) is 0 Å². The molecular weight excluding hydrogens is 382 g/mol. The molecular formula is C19H29N3O5S. The fraction of sp³-hybridized carbons (Fsp3) is 0.684. The minimum Gasteiger partial charge on any atom is -0.492 e. The van der Waals surface area contributed by atoms with Gasteiger partial charge in [0.25, 0.3) is 0 Å². The van der Waals surface area contributed by atoms with Crippen molar-refractivity contribution >= 4 is 15.9 Å². The number of hydrogen-bond acceptors (Lipinski definition) is 6. The highest BCUT2D eigenvalue weighted by Gasteiger charge is 2.57. The molecule has 8 nitrogen and oxygen atoms in total. The molecule has 9 heteroatoms. The van der Waals surface area contributed by atoms with Crippen molar-refractivity contribution < 1.29 is 22.7 Å². The van der Waals surface area contributed by atoms with Gasteiger partial charge in [-0.15, -0.1) is 0 Å². The molecule has 156 valence electrons. The molecule has 0 unspecified atom stereocenters. The van der Waals surface area contributed by atoms with Crippen LogP contribution in [0.4, 0.5) is 0 Å². The zero-order chi connectivity index (χ0) is 20.0. The number of aromatic nitrogens is 1. The van der Waals surface area contributed by atoms with Crippen LogP contribution < -0.4 is 10.1 Å². The van der Waals surface area contributed by atoms with Gasteiger partial charge >= 0.3 is 0 Å². The summed E-state index contributed by atoms with van der Waals surface area (Å²) in [5, 5.41) is 2.95. The summed E-state index contributed by atoms with van der Waals surface area (Å²) in [4.78, 5) is 16.9. The molecule has 1 aromatic rings. The summed E-state index contributed by atoms with van der Waals surface area (Å²) in [6, 6.07) is 3.63. The first-order chi connectivity index (χ1) is 13.5. The molecule has 0 aliphatic carbocycles. The lowest BCUT2D eigenvalue weighted by Gasteiger charge is -2.26. The number of nitrogens with one attached hydrogen (secondary N) is 1. The van der Waals surface area contributed by atoms with E-state index in [0.717, 1.165) is 6.42 Å². The molecule has 0 saturated carbocycles. The third kappa shape index (κ3) is 4.64. The Hall–Kier alpha value is -1.71. The second-order valence-corrected chi connectivity index (χ2v) is 9.57. The van der Waals surface area contributed by atoms with E-state index in [9.17, 15) is 13.2 Å². The van der Waals surface area contributed by atoms with Crippen molar-refractivity contribution in [1.29, 1.82) is 0 Å². The second kappa shape index (κ2) is 9.19. The van der Waals surface area contributed by atoms with Crippen LogP contribution in [0.25, 0.3) is 0 Å². The monoisotopic (exact) mass is 411 g/mol. The molecule has 2 aliphatic rings. The van der Waals surface area contributed by atoms with E-state index in [1.165, 1.54) is 4.31 Å². The number of rotatable bonds is 10. The third-order valence-corrected chi connectivity index (χ3v) is 7.32. The third-order valence-electron chi connectivity index (χ3n) is 5.45. The van der Waals surface area contributed by atoms with E-state index in [0.29, 0.717) is 44.9 Å². The van der Waals surface area contributed by atoms with E-state index in [4.69, 9.17) is 9.47 Å². The Morgan fingerprint density at radius 2 is 2.32 bits per heavy atom. The van der Waals surface area contributed by atoms with Crippen LogP contribution in [0.2, 0.25) is 0 Å². The predicted octanol–water partition coefficient (Wildman–Crippen LogP) is 1.05. The van der Waals surface area contributed by atoms with Gasteiger partial charge in [-0.3, -0.25) is 9.78 Å². The molecule has 2 fully saturated rings. The smallest absolute Gasteiger partial charge is 0.230 e. The van der Waals surface area contributed by atoms with Gasteiger partial charge in [0.15, 0.2) is 0 Å². The van der Waals surface area contributed by atoms with Gasteiger partial charge in [0.1, 0.15) is 5.75 Å². The Balaban J connectivity index is 1.50. The van der Waals surface area contributed by atoms with E-state index in [2.05, 4.69) is 10.3 Å². The number of pyridine rings is 1. The van der Waals surface area contributed by atoms with E-state index in [-0.39, 0.29) is 30.7 Å². The zero-order valence-electron chi connectivity index (χ0n) is 16.3. The Labute approximate surface area is 166 Å². The number of carbonyl (C=O) groups excluding carboxylic acids is 1. The summed E-state index contributed by atoms with van der Waals surface area (Å²) in [5.74, 6) is 0.626. The Bertz CT molecular complexity index is 758. The van der Waals surface area contributed by atoms with Crippen LogP contribution in [-0.4, -0.2) is 68.8 Å². The highest BCUT2D eigenvalue weighted by molar-refractivity contribution is 7.89. The van der Waals surface area contributed by atoms with Gasteiger partial charge in [0.2, 0.25) is 15.9 Å². The lowest BCUT2D eigenvalue weighted by Crippen LogP contribution is -2.47. The maximum Gasteiger partial charge on any atom is 0.230 e. The number of fused-ring (bicyclic) bond motifs is 1. The molecule has 2 saturated heterocycles. The lowest BCUT2D eigenvalue weighted by molar-refractivity contribution is -0.131. The maximum absolute atomic E-state index is 12.9. The number of ether oxygens (including phenoxy) is 2. The fourth-order valence-electron chi connectivity index (χ4n) is 3.75. The highest BCUT2D eigenvalue weighted by Crippen LogP contribution is 2.42. The van der Waals surface area contributed by atoms with Crippen molar-refractivity contribution in [2.45, 2.75) is 26.2 Å². The zero-order valence-corrected chi connectivity index (χ0v) is 17.1. The molecule has 2 aliphatic heterocycles. The maximum atomic E-state index is 12.9. The molecule has 0 radical (unpaired) electrons. The number of sulfonamides is 1. The first kappa shape index (κ1) is 21.0. The van der Waals surface area contributed by atoms with Crippen LogP contribution in [0.3, 0.4) is 0 Å². The van der Waals surface area contributed by atoms with Crippen molar-refractivity contribution in [3.8, 4) is 5.75 Å². The summed E-state index contributed by atoms with van der Waals surface area (Å²) < 4.78 is 37.7. The van der Waals surface area contributed by atoms with Gasteiger partial charge in [-0.05, 0) is 25.0 Å². The van der Waals surface area contributed by atoms with Gasteiger partial charge in [0.05, 0.1) is 37.2 Å². The first-order valence-electron chi connectivity index (χ1n) is 9.84. The van der Waals surface area contributed by atoms with Gasteiger partial charge < -0.3 is 14.8 Å². The van der Waals surface area contributed by atoms with Crippen molar-refractivity contribution in [1.82, 2.24) is 14.6 Å². The highest BCUT2D eigenvalue weighted by atomic mass is 32.2. The second-order valence-electron chi connectivity index (χ2n) is 7.48. The standard InChI is InChI=1S/C19H29N3O5S/c1-2-3-10-28(24,25)22-12-16-13-26-15-19(16,14-22)18(23)21-8-5-9-27-17-6-4-7-20-11-17/h4,6-7,11,16H,2-3,5,8-10,12-15H2,1H3,(H,21,23)/t16-,19-/m1/s1.